The molecule has 5 aromatic rings. The highest BCUT2D eigenvalue weighted by molar-refractivity contribution is 6.13. The Morgan fingerprint density at radius 3 is 2.19 bits per heavy atom. The summed E-state index contributed by atoms with van der Waals surface area (Å²) in [7, 11) is 0. The molecule has 0 saturated carbocycles. The standard InChI is InChI=1S/C22H17N3.C2H6/c1-14-10-12-16(13-11-14)21-23-24-22-18-8-5-6-15(2)20(18)17-7-3-4-9-19(17)25(21)22;1-2/h3-13H,1-2H3;1-2H3. The number of rotatable bonds is 1. The lowest BCUT2D eigenvalue weighted by molar-refractivity contribution is 1.12. The van der Waals surface area contributed by atoms with Gasteiger partial charge in [-0.1, -0.05) is 80.1 Å². The van der Waals surface area contributed by atoms with Gasteiger partial charge in [0, 0.05) is 16.3 Å². The molecule has 0 atom stereocenters. The Hall–Kier alpha value is -3.20. The maximum Gasteiger partial charge on any atom is 0.169 e. The maximum atomic E-state index is 4.55. The molecule has 0 N–H and O–H groups in total. The summed E-state index contributed by atoms with van der Waals surface area (Å²) in [6.45, 7) is 8.25. The van der Waals surface area contributed by atoms with Gasteiger partial charge in [-0.25, -0.2) is 0 Å². The molecule has 0 saturated heterocycles. The molecule has 0 aliphatic carbocycles. The van der Waals surface area contributed by atoms with E-state index < -0.39 is 0 Å². The van der Waals surface area contributed by atoms with Crippen molar-refractivity contribution in [3.05, 3.63) is 77.9 Å². The zero-order valence-electron chi connectivity index (χ0n) is 16.2. The van der Waals surface area contributed by atoms with Crippen LogP contribution in [0.3, 0.4) is 0 Å². The second kappa shape index (κ2) is 6.84. The Morgan fingerprint density at radius 1 is 0.704 bits per heavy atom. The number of fused-ring (bicyclic) bond motifs is 6. The van der Waals surface area contributed by atoms with Crippen molar-refractivity contribution in [1.82, 2.24) is 14.6 Å². The summed E-state index contributed by atoms with van der Waals surface area (Å²) < 4.78 is 2.18. The van der Waals surface area contributed by atoms with Crippen LogP contribution < -0.4 is 0 Å². The third kappa shape index (κ3) is 2.67. The summed E-state index contributed by atoms with van der Waals surface area (Å²) in [6.07, 6.45) is 0. The van der Waals surface area contributed by atoms with Crippen LogP contribution in [0.25, 0.3) is 38.7 Å². The summed E-state index contributed by atoms with van der Waals surface area (Å²) in [5.41, 5.74) is 5.63. The first kappa shape index (κ1) is 17.2. The van der Waals surface area contributed by atoms with Crippen molar-refractivity contribution in [3.63, 3.8) is 0 Å². The summed E-state index contributed by atoms with van der Waals surface area (Å²) in [4.78, 5) is 0. The third-order valence-corrected chi connectivity index (χ3v) is 4.90. The van der Waals surface area contributed by atoms with Gasteiger partial charge in [-0.05, 0) is 30.9 Å². The average Bonchev–Trinajstić information content (AvgIpc) is 3.16. The van der Waals surface area contributed by atoms with E-state index in [0.717, 1.165) is 27.9 Å². The normalized spacial score (nSPS) is 11.0. The zero-order chi connectivity index (χ0) is 19.0. The Labute approximate surface area is 159 Å². The van der Waals surface area contributed by atoms with E-state index in [2.05, 4.69) is 95.2 Å². The highest BCUT2D eigenvalue weighted by Gasteiger charge is 2.16. The predicted octanol–water partition coefficient (Wildman–Crippen LogP) is 6.35. The van der Waals surface area contributed by atoms with Crippen LogP contribution in [0.5, 0.6) is 0 Å². The van der Waals surface area contributed by atoms with E-state index >= 15 is 0 Å². The molecular weight excluding hydrogens is 330 g/mol. The number of aryl methyl sites for hydroxylation is 2. The number of hydrogen-bond donors (Lipinski definition) is 0. The van der Waals surface area contributed by atoms with Gasteiger partial charge in [0.25, 0.3) is 0 Å². The first-order valence-electron chi connectivity index (χ1n) is 9.46. The molecule has 0 radical (unpaired) electrons. The van der Waals surface area contributed by atoms with Crippen LogP contribution in [-0.4, -0.2) is 14.6 Å². The van der Waals surface area contributed by atoms with Crippen LogP contribution in [0, 0.1) is 13.8 Å². The summed E-state index contributed by atoms with van der Waals surface area (Å²) >= 11 is 0. The molecule has 0 amide bonds. The van der Waals surface area contributed by atoms with Crippen LogP contribution in [-0.2, 0) is 0 Å². The monoisotopic (exact) mass is 353 g/mol. The van der Waals surface area contributed by atoms with Crippen molar-refractivity contribution in [2.45, 2.75) is 27.7 Å². The minimum absolute atomic E-state index is 0.884. The lowest BCUT2D eigenvalue weighted by Crippen LogP contribution is -1.95. The van der Waals surface area contributed by atoms with E-state index in [1.54, 1.807) is 0 Å². The van der Waals surface area contributed by atoms with E-state index in [4.69, 9.17) is 0 Å². The Balaban J connectivity index is 0.000000872. The number of nitrogens with zero attached hydrogens (tertiary/aromatic N) is 3. The number of pyridine rings is 1. The molecule has 27 heavy (non-hydrogen) atoms. The maximum absolute atomic E-state index is 4.55. The number of hydrogen-bond acceptors (Lipinski definition) is 2. The fraction of sp³-hybridized carbons (Fsp3) is 0.167. The van der Waals surface area contributed by atoms with Crippen molar-refractivity contribution in [1.29, 1.82) is 0 Å². The molecule has 0 spiro atoms. The SMILES string of the molecule is CC.Cc1ccc(-c2nnc3c4cccc(C)c4c4ccccc4n23)cc1. The molecule has 5 rings (SSSR count). The lowest BCUT2D eigenvalue weighted by Gasteiger charge is -2.11. The van der Waals surface area contributed by atoms with Crippen LogP contribution in [0.15, 0.2) is 66.7 Å². The van der Waals surface area contributed by atoms with E-state index in [0.29, 0.717) is 0 Å². The van der Waals surface area contributed by atoms with Crippen molar-refractivity contribution in [3.8, 4) is 11.4 Å². The highest BCUT2D eigenvalue weighted by Crippen LogP contribution is 2.33. The molecule has 3 heteroatoms. The van der Waals surface area contributed by atoms with Crippen molar-refractivity contribution in [2.24, 2.45) is 0 Å². The summed E-state index contributed by atoms with van der Waals surface area (Å²) in [6, 6.07) is 23.3. The van der Waals surface area contributed by atoms with Gasteiger partial charge in [0.05, 0.1) is 5.52 Å². The Morgan fingerprint density at radius 2 is 1.41 bits per heavy atom. The molecule has 0 aliphatic heterocycles. The molecule has 0 fully saturated rings. The van der Waals surface area contributed by atoms with E-state index in [1.807, 2.05) is 13.8 Å². The second-order valence-electron chi connectivity index (χ2n) is 6.56. The first-order valence-corrected chi connectivity index (χ1v) is 9.46. The van der Waals surface area contributed by atoms with Crippen molar-refractivity contribution in [2.75, 3.05) is 0 Å². The van der Waals surface area contributed by atoms with Gasteiger partial charge in [0.1, 0.15) is 0 Å². The molecule has 2 aromatic heterocycles. The van der Waals surface area contributed by atoms with Crippen LogP contribution in [0.2, 0.25) is 0 Å². The smallest absolute Gasteiger partial charge is 0.169 e. The fourth-order valence-electron chi connectivity index (χ4n) is 3.67. The number of aromatic nitrogens is 3. The van der Waals surface area contributed by atoms with E-state index in [-0.39, 0.29) is 0 Å². The largest absolute Gasteiger partial charge is 0.274 e. The van der Waals surface area contributed by atoms with Gasteiger partial charge >= 0.3 is 0 Å². The zero-order valence-corrected chi connectivity index (χ0v) is 16.2. The highest BCUT2D eigenvalue weighted by atomic mass is 15.2. The van der Waals surface area contributed by atoms with Crippen LogP contribution in [0.1, 0.15) is 25.0 Å². The second-order valence-corrected chi connectivity index (χ2v) is 6.56. The Bertz CT molecular complexity index is 1250. The molecule has 134 valence electrons. The fourth-order valence-corrected chi connectivity index (χ4v) is 3.67. The van der Waals surface area contributed by atoms with Crippen LogP contribution in [0.4, 0.5) is 0 Å². The van der Waals surface area contributed by atoms with Gasteiger partial charge in [0.15, 0.2) is 11.5 Å². The first-order chi connectivity index (χ1) is 13.2. The average molecular weight is 353 g/mol. The van der Waals surface area contributed by atoms with Crippen molar-refractivity contribution >= 4 is 27.3 Å². The van der Waals surface area contributed by atoms with Gasteiger partial charge in [-0.3, -0.25) is 4.40 Å². The molecule has 0 bridgehead atoms. The quantitative estimate of drug-likeness (QED) is 0.329. The molecule has 3 aromatic carbocycles. The summed E-state index contributed by atoms with van der Waals surface area (Å²) in [5, 5.41) is 12.7. The molecular formula is C24H23N3. The molecule has 0 unspecified atom stereocenters. The van der Waals surface area contributed by atoms with E-state index in [9.17, 15) is 0 Å². The van der Waals surface area contributed by atoms with Gasteiger partial charge < -0.3 is 0 Å². The molecule has 3 nitrogen and oxygen atoms in total. The number of para-hydroxylation sites is 1. The number of benzene rings is 3. The Kier molecular flexibility index (Phi) is 4.36. The minimum Gasteiger partial charge on any atom is -0.274 e. The minimum atomic E-state index is 0.884. The van der Waals surface area contributed by atoms with Gasteiger partial charge in [0.2, 0.25) is 0 Å². The van der Waals surface area contributed by atoms with E-state index in [1.165, 1.54) is 21.9 Å². The summed E-state index contributed by atoms with van der Waals surface area (Å²) in [5.74, 6) is 0.884. The molecule has 2 heterocycles. The lowest BCUT2D eigenvalue weighted by atomic mass is 10.0. The van der Waals surface area contributed by atoms with Crippen LogP contribution >= 0.6 is 0 Å². The van der Waals surface area contributed by atoms with Gasteiger partial charge in [-0.2, -0.15) is 0 Å². The topological polar surface area (TPSA) is 30.2 Å². The predicted molar refractivity (Wildman–Crippen MR) is 114 cm³/mol. The molecule has 0 aliphatic rings. The van der Waals surface area contributed by atoms with Crippen molar-refractivity contribution < 1.29 is 0 Å². The van der Waals surface area contributed by atoms with Gasteiger partial charge in [-0.15, -0.1) is 10.2 Å². The third-order valence-electron chi connectivity index (χ3n) is 4.90.